The Bertz CT molecular complexity index is 1240. The van der Waals surface area contributed by atoms with Gasteiger partial charge in [-0.1, -0.05) is 67.1 Å². The Hall–Kier alpha value is -3.64. The maximum atomic E-state index is 13.7. The van der Waals surface area contributed by atoms with E-state index in [0.717, 1.165) is 40.2 Å². The van der Waals surface area contributed by atoms with Gasteiger partial charge >= 0.3 is 6.03 Å². The van der Waals surface area contributed by atoms with Gasteiger partial charge in [0, 0.05) is 5.02 Å². The van der Waals surface area contributed by atoms with Crippen LogP contribution in [0.25, 0.3) is 0 Å². The first-order valence-electron chi connectivity index (χ1n) is 11.3. The number of urea groups is 1. The zero-order chi connectivity index (χ0) is 23.9. The summed E-state index contributed by atoms with van der Waals surface area (Å²) in [5.74, 6) is -0.777. The van der Waals surface area contributed by atoms with E-state index in [0.29, 0.717) is 17.0 Å². The predicted molar refractivity (Wildman–Crippen MR) is 131 cm³/mol. The van der Waals surface area contributed by atoms with E-state index in [1.807, 2.05) is 55.5 Å². The zero-order valence-corrected chi connectivity index (χ0v) is 19.5. The number of nitrogens with zero attached hydrogens (tertiary/aromatic N) is 2. The smallest absolute Gasteiger partial charge is 0.319 e. The van der Waals surface area contributed by atoms with Crippen LogP contribution in [0.4, 0.5) is 16.2 Å². The van der Waals surface area contributed by atoms with E-state index in [1.165, 1.54) is 0 Å². The summed E-state index contributed by atoms with van der Waals surface area (Å²) in [6.07, 6.45) is 1.95. The number of hydrogen-bond acceptors (Lipinski definition) is 3. The normalized spacial score (nSPS) is 19.4. The van der Waals surface area contributed by atoms with Gasteiger partial charge in [0.05, 0.1) is 11.4 Å². The molecule has 2 aliphatic rings. The first-order chi connectivity index (χ1) is 16.4. The number of carbonyl (C=O) groups is 3. The molecule has 7 heteroatoms. The zero-order valence-electron chi connectivity index (χ0n) is 18.8. The fraction of sp³-hybridized carbons (Fsp3) is 0.222. The summed E-state index contributed by atoms with van der Waals surface area (Å²) in [7, 11) is 0. The van der Waals surface area contributed by atoms with Gasteiger partial charge in [-0.15, -0.1) is 0 Å². The highest BCUT2D eigenvalue weighted by atomic mass is 35.5. The lowest BCUT2D eigenvalue weighted by Gasteiger charge is -2.28. The summed E-state index contributed by atoms with van der Waals surface area (Å²) < 4.78 is 0. The van der Waals surface area contributed by atoms with E-state index in [-0.39, 0.29) is 12.5 Å². The molecule has 1 saturated heterocycles. The Morgan fingerprint density at radius 2 is 1.47 bits per heavy atom. The number of rotatable bonds is 4. The Morgan fingerprint density at radius 3 is 2.03 bits per heavy atom. The number of nitrogens with one attached hydrogen (secondary N) is 1. The van der Waals surface area contributed by atoms with Crippen molar-refractivity contribution in [1.82, 2.24) is 10.2 Å². The summed E-state index contributed by atoms with van der Waals surface area (Å²) >= 11 is 6.02. The van der Waals surface area contributed by atoms with E-state index >= 15 is 0 Å². The molecule has 0 radical (unpaired) electrons. The van der Waals surface area contributed by atoms with Gasteiger partial charge < -0.3 is 5.32 Å². The summed E-state index contributed by atoms with van der Waals surface area (Å²) in [6.45, 7) is 1.47. The number of anilines is 2. The molecular weight excluding hydrogens is 450 g/mol. The lowest BCUT2D eigenvalue weighted by Crippen LogP contribution is -2.45. The number of benzene rings is 3. The molecule has 3 aromatic carbocycles. The Labute approximate surface area is 203 Å². The second-order valence-corrected chi connectivity index (χ2v) is 9.01. The first kappa shape index (κ1) is 22.2. The van der Waals surface area contributed by atoms with E-state index in [9.17, 15) is 14.4 Å². The van der Waals surface area contributed by atoms with Crippen LogP contribution in [0.15, 0.2) is 72.8 Å². The van der Waals surface area contributed by atoms with Gasteiger partial charge in [-0.25, -0.2) is 4.79 Å². The highest BCUT2D eigenvalue weighted by Gasteiger charge is 2.52. The second-order valence-electron chi connectivity index (χ2n) is 8.57. The summed E-state index contributed by atoms with van der Waals surface area (Å²) in [6, 6.07) is 21.8. The number of amides is 4. The molecule has 3 aromatic rings. The molecule has 1 atom stereocenters. The van der Waals surface area contributed by atoms with Crippen molar-refractivity contribution in [3.05, 3.63) is 94.5 Å². The molecule has 2 aliphatic heterocycles. The van der Waals surface area contributed by atoms with E-state index in [2.05, 4.69) is 5.32 Å². The number of aryl methyl sites for hydroxylation is 2. The standard InChI is InChI=1S/C27H24ClN3O3/c1-2-27(20-13-15-21(28)16-14-20)25(33)30(26(34)29-27)17-24(32)31-22-9-5-3-7-18(22)11-12-19-8-4-6-10-23(19)31/h3-10,13-16H,2,11-12,17H2,1H3,(H,29,34). The van der Waals surface area contributed by atoms with Crippen molar-refractivity contribution < 1.29 is 14.4 Å². The lowest BCUT2D eigenvalue weighted by molar-refractivity contribution is -0.134. The van der Waals surface area contributed by atoms with Crippen LogP contribution >= 0.6 is 11.6 Å². The first-order valence-corrected chi connectivity index (χ1v) is 11.7. The van der Waals surface area contributed by atoms with Crippen molar-refractivity contribution in [1.29, 1.82) is 0 Å². The molecule has 1 N–H and O–H groups in total. The molecule has 5 rings (SSSR count). The molecule has 1 unspecified atom stereocenters. The molecule has 0 aromatic heterocycles. The number of halogens is 1. The third kappa shape index (κ3) is 3.55. The molecule has 0 saturated carbocycles. The van der Waals surface area contributed by atoms with Crippen molar-refractivity contribution in [2.75, 3.05) is 11.4 Å². The van der Waals surface area contributed by atoms with Gasteiger partial charge in [0.25, 0.3) is 11.8 Å². The maximum Gasteiger partial charge on any atom is 0.325 e. The third-order valence-corrected chi connectivity index (χ3v) is 6.97. The topological polar surface area (TPSA) is 69.7 Å². The largest absolute Gasteiger partial charge is 0.325 e. The predicted octanol–water partition coefficient (Wildman–Crippen LogP) is 4.96. The maximum absolute atomic E-state index is 13.7. The average molecular weight is 474 g/mol. The molecule has 0 aliphatic carbocycles. The SMILES string of the molecule is CCC1(c2ccc(Cl)cc2)NC(=O)N(CC(=O)N2c3ccccc3CCc3ccccc32)C1=O. The van der Waals surface area contributed by atoms with Crippen LogP contribution in [0.1, 0.15) is 30.0 Å². The summed E-state index contributed by atoms with van der Waals surface area (Å²) in [5, 5.41) is 3.37. The van der Waals surface area contributed by atoms with Crippen molar-refractivity contribution in [2.24, 2.45) is 0 Å². The molecule has 2 heterocycles. The minimum absolute atomic E-state index is 0.340. The molecular formula is C27H24ClN3O3. The minimum Gasteiger partial charge on any atom is -0.319 e. The summed E-state index contributed by atoms with van der Waals surface area (Å²) in [4.78, 5) is 43.0. The van der Waals surface area contributed by atoms with Crippen LogP contribution in [0, 0.1) is 0 Å². The molecule has 6 nitrogen and oxygen atoms in total. The van der Waals surface area contributed by atoms with Gasteiger partial charge in [0.2, 0.25) is 0 Å². The molecule has 1 fully saturated rings. The number of carbonyl (C=O) groups excluding carboxylic acids is 3. The molecule has 4 amide bonds. The van der Waals surface area contributed by atoms with E-state index in [1.54, 1.807) is 29.2 Å². The minimum atomic E-state index is -1.23. The number of imide groups is 1. The van der Waals surface area contributed by atoms with Gasteiger partial charge in [-0.2, -0.15) is 0 Å². The van der Waals surface area contributed by atoms with Crippen LogP contribution < -0.4 is 10.2 Å². The van der Waals surface area contributed by atoms with E-state index < -0.39 is 17.5 Å². The quantitative estimate of drug-likeness (QED) is 0.544. The van der Waals surface area contributed by atoms with Gasteiger partial charge in [-0.3, -0.25) is 19.4 Å². The number of para-hydroxylation sites is 2. The molecule has 0 bridgehead atoms. The fourth-order valence-corrected chi connectivity index (χ4v) is 5.02. The van der Waals surface area contributed by atoms with Crippen molar-refractivity contribution in [3.8, 4) is 0 Å². The Morgan fingerprint density at radius 1 is 0.912 bits per heavy atom. The number of fused-ring (bicyclic) bond motifs is 2. The molecule has 172 valence electrons. The monoisotopic (exact) mass is 473 g/mol. The van der Waals surface area contributed by atoms with Crippen LogP contribution in [-0.2, 0) is 28.0 Å². The van der Waals surface area contributed by atoms with E-state index in [4.69, 9.17) is 11.6 Å². The fourth-order valence-electron chi connectivity index (χ4n) is 4.90. The lowest BCUT2D eigenvalue weighted by atomic mass is 9.87. The summed E-state index contributed by atoms with van der Waals surface area (Å²) in [5.41, 5.74) is 3.07. The second kappa shape index (κ2) is 8.61. The van der Waals surface area contributed by atoms with Crippen LogP contribution in [-0.4, -0.2) is 29.3 Å². The third-order valence-electron chi connectivity index (χ3n) is 6.71. The van der Waals surface area contributed by atoms with Crippen LogP contribution in [0.3, 0.4) is 0 Å². The van der Waals surface area contributed by atoms with Crippen molar-refractivity contribution in [2.45, 2.75) is 31.7 Å². The Balaban J connectivity index is 1.50. The Kier molecular flexibility index (Phi) is 5.62. The molecule has 34 heavy (non-hydrogen) atoms. The average Bonchev–Trinajstić information content (AvgIpc) is 3.00. The van der Waals surface area contributed by atoms with Gasteiger partial charge in [0.15, 0.2) is 0 Å². The van der Waals surface area contributed by atoms with Crippen molar-refractivity contribution in [3.63, 3.8) is 0 Å². The van der Waals surface area contributed by atoms with Gasteiger partial charge in [0.1, 0.15) is 12.1 Å². The number of hydrogen-bond donors (Lipinski definition) is 1. The highest BCUT2D eigenvalue weighted by Crippen LogP contribution is 2.37. The molecule has 0 spiro atoms. The highest BCUT2D eigenvalue weighted by molar-refractivity contribution is 6.30. The van der Waals surface area contributed by atoms with Gasteiger partial charge in [-0.05, 0) is 60.2 Å². The van der Waals surface area contributed by atoms with Crippen molar-refractivity contribution >= 4 is 40.8 Å². The van der Waals surface area contributed by atoms with Crippen LogP contribution in [0.5, 0.6) is 0 Å². The van der Waals surface area contributed by atoms with Crippen LogP contribution in [0.2, 0.25) is 5.02 Å².